The van der Waals surface area contributed by atoms with E-state index in [9.17, 15) is 0 Å². The van der Waals surface area contributed by atoms with Crippen molar-refractivity contribution in [2.75, 3.05) is 18.6 Å². The molecule has 61 heavy (non-hydrogen) atoms. The van der Waals surface area contributed by atoms with Crippen molar-refractivity contribution >= 4 is 54.8 Å². The topological polar surface area (TPSA) is 50.8 Å². The molecule has 5 heterocycles. The molecule has 298 valence electrons. The van der Waals surface area contributed by atoms with Gasteiger partial charge in [-0.2, -0.15) is 0 Å². The van der Waals surface area contributed by atoms with Gasteiger partial charge in [0.25, 0.3) is 0 Å². The third-order valence-corrected chi connectivity index (χ3v) is 12.3. The fraction of sp³-hybridized carbons (Fsp3) is 0.148. The summed E-state index contributed by atoms with van der Waals surface area (Å²) in [7, 11) is 2.09. The van der Waals surface area contributed by atoms with Gasteiger partial charge in [-0.05, 0) is 106 Å². The van der Waals surface area contributed by atoms with Crippen molar-refractivity contribution in [3.05, 3.63) is 175 Å². The molecule has 0 fully saturated rings. The van der Waals surface area contributed by atoms with Gasteiger partial charge in [0.1, 0.15) is 23.0 Å². The minimum atomic E-state index is 0.360. The van der Waals surface area contributed by atoms with Crippen molar-refractivity contribution in [2.24, 2.45) is 0 Å². The Kier molecular flexibility index (Phi) is 8.67. The average Bonchev–Trinajstić information content (AvgIpc) is 4.02. The fourth-order valence-electron chi connectivity index (χ4n) is 9.39. The number of hydrogen-bond donors (Lipinski definition) is 0. The monoisotopic (exact) mass is 794 g/mol. The van der Waals surface area contributed by atoms with Crippen LogP contribution in [0.4, 0.5) is 5.69 Å². The van der Waals surface area contributed by atoms with Crippen LogP contribution in [0.3, 0.4) is 0 Å². The van der Waals surface area contributed by atoms with Crippen LogP contribution in [0.25, 0.3) is 77.3 Å². The highest BCUT2D eigenvalue weighted by atomic mass is 16.5. The van der Waals surface area contributed by atoms with Crippen molar-refractivity contribution in [1.29, 1.82) is 0 Å². The Morgan fingerprint density at radius 3 is 1.98 bits per heavy atom. The van der Waals surface area contributed by atoms with Crippen LogP contribution in [-0.4, -0.2) is 37.6 Å². The summed E-state index contributed by atoms with van der Waals surface area (Å²) in [5.74, 6) is 3.07. The van der Waals surface area contributed by atoms with Gasteiger partial charge < -0.3 is 14.5 Å². The highest BCUT2D eigenvalue weighted by Crippen LogP contribution is 2.41. The number of anilines is 1. The van der Waals surface area contributed by atoms with Crippen LogP contribution < -0.4 is 9.64 Å². The number of pyridine rings is 2. The summed E-state index contributed by atoms with van der Waals surface area (Å²) in [6, 6.07) is 49.7. The lowest BCUT2D eigenvalue weighted by Gasteiger charge is -2.20. The number of imidazole rings is 1. The Balaban J connectivity index is 1.02. The van der Waals surface area contributed by atoms with Gasteiger partial charge in [-0.15, -0.1) is 0 Å². The van der Waals surface area contributed by atoms with E-state index in [1.54, 1.807) is 0 Å². The van der Waals surface area contributed by atoms with Gasteiger partial charge in [-0.3, -0.25) is 8.97 Å². The summed E-state index contributed by atoms with van der Waals surface area (Å²) >= 11 is 0. The average molecular weight is 795 g/mol. The number of fused-ring (bicyclic) bond motifs is 9. The van der Waals surface area contributed by atoms with Gasteiger partial charge >= 0.3 is 0 Å². The van der Waals surface area contributed by atoms with Crippen LogP contribution in [0.15, 0.2) is 164 Å². The smallest absolute Gasteiger partial charge is 0.145 e. The van der Waals surface area contributed by atoms with Crippen molar-refractivity contribution in [2.45, 2.75) is 39.5 Å². The molecule has 1 aliphatic heterocycles. The molecule has 4 aromatic heterocycles. The third-order valence-electron chi connectivity index (χ3n) is 12.3. The van der Waals surface area contributed by atoms with Crippen LogP contribution >= 0.6 is 0 Å². The summed E-state index contributed by atoms with van der Waals surface area (Å²) in [5, 5.41) is 5.67. The Morgan fingerprint density at radius 2 is 1.23 bits per heavy atom. The van der Waals surface area contributed by atoms with E-state index in [0.717, 1.165) is 90.2 Å². The van der Waals surface area contributed by atoms with Crippen LogP contribution in [0.1, 0.15) is 50.7 Å². The zero-order valence-corrected chi connectivity index (χ0v) is 35.0. The number of rotatable bonds is 8. The standard InChI is InChI=1S/C54H46N6O/c1-34(2)41-16-11-17-42(35(3)4)53(41)51-32-56-54-47-30-39(20-22-43(47)44-14-6-9-19-49(44)60(51)54)61-40-21-23-46-45-15-7-8-18-48(45)59(50(46)31-40)52-29-37(24-25-55-52)36-12-10-13-38(28-36)58-27-26-57(5)33-58/h6-32,34-35H,33H2,1-5H3. The highest BCUT2D eigenvalue weighted by molar-refractivity contribution is 6.13. The number of ether oxygens (including phenoxy) is 1. The van der Waals surface area contributed by atoms with Gasteiger partial charge in [0.2, 0.25) is 0 Å². The molecule has 1 aliphatic rings. The van der Waals surface area contributed by atoms with Crippen molar-refractivity contribution in [3.63, 3.8) is 0 Å². The van der Waals surface area contributed by atoms with Crippen LogP contribution in [0.2, 0.25) is 0 Å². The van der Waals surface area contributed by atoms with Crippen LogP contribution in [-0.2, 0) is 0 Å². The molecule has 11 rings (SSSR count). The molecule has 0 atom stereocenters. The second kappa shape index (κ2) is 14.4. The van der Waals surface area contributed by atoms with E-state index in [4.69, 9.17) is 14.7 Å². The van der Waals surface area contributed by atoms with E-state index < -0.39 is 0 Å². The zero-order chi connectivity index (χ0) is 41.4. The number of hydrogen-bond acceptors (Lipinski definition) is 5. The lowest BCUT2D eigenvalue weighted by atomic mass is 9.87. The molecule has 0 bridgehead atoms. The summed E-state index contributed by atoms with van der Waals surface area (Å²) in [6.45, 7) is 9.94. The predicted octanol–water partition coefficient (Wildman–Crippen LogP) is 13.7. The van der Waals surface area contributed by atoms with Gasteiger partial charge in [0, 0.05) is 64.5 Å². The number of para-hydroxylation sites is 2. The van der Waals surface area contributed by atoms with Gasteiger partial charge in [-0.1, -0.05) is 94.4 Å². The molecule has 0 spiro atoms. The Bertz CT molecular complexity index is 3340. The maximum Gasteiger partial charge on any atom is 0.145 e. The van der Waals surface area contributed by atoms with Crippen molar-refractivity contribution in [3.8, 4) is 39.7 Å². The number of nitrogens with zero attached hydrogens (tertiary/aromatic N) is 6. The molecule has 7 heteroatoms. The molecular weight excluding hydrogens is 749 g/mol. The lowest BCUT2D eigenvalue weighted by molar-refractivity contribution is 0.484. The minimum Gasteiger partial charge on any atom is -0.457 e. The van der Waals surface area contributed by atoms with Crippen molar-refractivity contribution < 1.29 is 4.74 Å². The molecule has 0 saturated carbocycles. The molecular formula is C54H46N6O. The molecule has 0 N–H and O–H groups in total. The molecule has 0 unspecified atom stereocenters. The minimum absolute atomic E-state index is 0.360. The fourth-order valence-corrected chi connectivity index (χ4v) is 9.39. The number of benzene rings is 6. The molecule has 10 aromatic rings. The van der Waals surface area contributed by atoms with Gasteiger partial charge in [0.15, 0.2) is 0 Å². The van der Waals surface area contributed by atoms with E-state index in [-0.39, 0.29) is 0 Å². The first-order valence-electron chi connectivity index (χ1n) is 21.2. The summed E-state index contributed by atoms with van der Waals surface area (Å²) < 4.78 is 11.4. The van der Waals surface area contributed by atoms with E-state index in [1.165, 1.54) is 22.1 Å². The van der Waals surface area contributed by atoms with E-state index >= 15 is 0 Å². The molecule has 0 aliphatic carbocycles. The largest absolute Gasteiger partial charge is 0.457 e. The summed E-state index contributed by atoms with van der Waals surface area (Å²) in [5.41, 5.74) is 12.6. The maximum absolute atomic E-state index is 6.81. The Hall–Kier alpha value is -7.38. The van der Waals surface area contributed by atoms with Gasteiger partial charge in [0.05, 0.1) is 35.1 Å². The second-order valence-corrected chi connectivity index (χ2v) is 16.9. The molecule has 0 amide bonds. The molecule has 7 nitrogen and oxygen atoms in total. The first kappa shape index (κ1) is 36.7. The Labute approximate surface area is 355 Å². The quantitative estimate of drug-likeness (QED) is 0.143. The molecule has 0 saturated heterocycles. The van der Waals surface area contributed by atoms with E-state index in [2.05, 4.69) is 212 Å². The van der Waals surface area contributed by atoms with Crippen LogP contribution in [0.5, 0.6) is 11.5 Å². The highest BCUT2D eigenvalue weighted by Gasteiger charge is 2.22. The van der Waals surface area contributed by atoms with Gasteiger partial charge in [-0.25, -0.2) is 9.97 Å². The lowest BCUT2D eigenvalue weighted by Crippen LogP contribution is -2.21. The third kappa shape index (κ3) is 6.10. The second-order valence-electron chi connectivity index (χ2n) is 16.9. The van der Waals surface area contributed by atoms with Crippen LogP contribution in [0, 0.1) is 0 Å². The Morgan fingerprint density at radius 1 is 0.557 bits per heavy atom. The summed E-state index contributed by atoms with van der Waals surface area (Å²) in [6.07, 6.45) is 8.20. The normalized spacial score (nSPS) is 13.1. The molecule has 6 aromatic carbocycles. The van der Waals surface area contributed by atoms with E-state index in [1.807, 2.05) is 6.20 Å². The molecule has 0 radical (unpaired) electrons. The van der Waals surface area contributed by atoms with E-state index in [0.29, 0.717) is 11.8 Å². The number of aromatic nitrogens is 4. The SMILES string of the molecule is CC(C)c1cccc(C(C)C)c1-c1cnc2c3cc(Oc4ccc5c6ccccc6n(-c6cc(-c7cccc(N8C=CN(C)C8)c7)ccn6)c5c4)ccc3c3ccccc3n12. The zero-order valence-electron chi connectivity index (χ0n) is 35.0. The predicted molar refractivity (Wildman–Crippen MR) is 252 cm³/mol. The first-order chi connectivity index (χ1) is 29.8. The maximum atomic E-state index is 6.81. The summed E-state index contributed by atoms with van der Waals surface area (Å²) in [4.78, 5) is 14.6. The first-order valence-corrected chi connectivity index (χ1v) is 21.2. The van der Waals surface area contributed by atoms with Crippen molar-refractivity contribution in [1.82, 2.24) is 23.8 Å².